The van der Waals surface area contributed by atoms with Crippen LogP contribution in [-0.2, 0) is 22.6 Å². The van der Waals surface area contributed by atoms with Gasteiger partial charge in [0.1, 0.15) is 18.5 Å². The lowest BCUT2D eigenvalue weighted by atomic mass is 10.1. The Bertz CT molecular complexity index is 946. The van der Waals surface area contributed by atoms with Crippen molar-refractivity contribution in [1.82, 2.24) is 10.3 Å². The van der Waals surface area contributed by atoms with Crippen molar-refractivity contribution >= 4 is 17.8 Å². The molecule has 0 spiro atoms. The summed E-state index contributed by atoms with van der Waals surface area (Å²) in [6.07, 6.45) is -0.319. The Hall–Kier alpha value is -3.67. The summed E-state index contributed by atoms with van der Waals surface area (Å²) in [7, 11) is 0. The lowest BCUT2D eigenvalue weighted by molar-refractivity contribution is -0.118. The Kier molecular flexibility index (Phi) is 6.95. The van der Waals surface area contributed by atoms with E-state index in [1.54, 1.807) is 6.07 Å². The van der Waals surface area contributed by atoms with E-state index in [4.69, 9.17) is 4.74 Å². The highest BCUT2D eigenvalue weighted by atomic mass is 16.5. The maximum Gasteiger partial charge on any atom is 0.408 e. The summed E-state index contributed by atoms with van der Waals surface area (Å²) in [6, 6.07) is 23.4. The molecule has 1 heterocycles. The number of nitrogens with zero attached hydrogens (tertiary/aromatic N) is 1. The predicted molar refractivity (Wildman–Crippen MR) is 111 cm³/mol. The van der Waals surface area contributed by atoms with Gasteiger partial charge in [0.05, 0.1) is 0 Å². The number of nitrogens with one attached hydrogen (secondary N) is 2. The molecular formula is C23H23N3O3. The number of carbonyl (C=O) groups excluding carboxylic acids is 2. The van der Waals surface area contributed by atoms with Crippen molar-refractivity contribution in [2.45, 2.75) is 26.0 Å². The summed E-state index contributed by atoms with van der Waals surface area (Å²) in [5.41, 5.74) is 2.58. The van der Waals surface area contributed by atoms with Crippen molar-refractivity contribution in [2.75, 3.05) is 5.32 Å². The van der Waals surface area contributed by atoms with Crippen molar-refractivity contribution in [3.05, 3.63) is 95.7 Å². The molecule has 3 aromatic rings. The lowest BCUT2D eigenvalue weighted by Gasteiger charge is -2.18. The number of aromatic nitrogens is 1. The third kappa shape index (κ3) is 6.46. The van der Waals surface area contributed by atoms with E-state index in [-0.39, 0.29) is 12.5 Å². The third-order valence-electron chi connectivity index (χ3n) is 4.24. The van der Waals surface area contributed by atoms with E-state index in [2.05, 4.69) is 15.6 Å². The van der Waals surface area contributed by atoms with Crippen LogP contribution in [0.3, 0.4) is 0 Å². The molecule has 1 atom stereocenters. The number of benzene rings is 2. The second-order valence-electron chi connectivity index (χ2n) is 6.60. The summed E-state index contributed by atoms with van der Waals surface area (Å²) in [5.74, 6) is 0.0797. The Labute approximate surface area is 169 Å². The largest absolute Gasteiger partial charge is 0.445 e. The zero-order valence-corrected chi connectivity index (χ0v) is 16.2. The minimum Gasteiger partial charge on any atom is -0.445 e. The fourth-order valence-electron chi connectivity index (χ4n) is 2.79. The van der Waals surface area contributed by atoms with Crippen molar-refractivity contribution in [2.24, 2.45) is 0 Å². The first kappa shape index (κ1) is 20.1. The van der Waals surface area contributed by atoms with Crippen LogP contribution in [-0.4, -0.2) is 23.0 Å². The molecule has 148 valence electrons. The van der Waals surface area contributed by atoms with Gasteiger partial charge in [0.15, 0.2) is 0 Å². The summed E-state index contributed by atoms with van der Waals surface area (Å²) < 4.78 is 5.27. The molecule has 0 aliphatic heterocycles. The van der Waals surface area contributed by atoms with Crippen molar-refractivity contribution in [3.63, 3.8) is 0 Å². The minimum atomic E-state index is -0.803. The Morgan fingerprint density at radius 1 is 0.897 bits per heavy atom. The predicted octanol–water partition coefficient (Wildman–Crippen LogP) is 3.87. The minimum absolute atomic E-state index is 0.131. The van der Waals surface area contributed by atoms with Gasteiger partial charge in [-0.3, -0.25) is 4.79 Å². The van der Waals surface area contributed by atoms with Gasteiger partial charge in [-0.05, 0) is 30.2 Å². The number of amides is 2. The summed E-state index contributed by atoms with van der Waals surface area (Å²) in [5, 5.41) is 5.43. The van der Waals surface area contributed by atoms with Crippen molar-refractivity contribution < 1.29 is 14.3 Å². The maximum atomic E-state index is 12.8. The highest BCUT2D eigenvalue weighted by Gasteiger charge is 2.22. The number of carbonyl (C=O) groups is 2. The van der Waals surface area contributed by atoms with E-state index < -0.39 is 12.1 Å². The van der Waals surface area contributed by atoms with E-state index in [0.717, 1.165) is 16.8 Å². The number of hydrogen-bond donors (Lipinski definition) is 2. The molecular weight excluding hydrogens is 366 g/mol. The van der Waals surface area contributed by atoms with E-state index in [1.807, 2.05) is 79.7 Å². The average Bonchev–Trinajstić information content (AvgIpc) is 2.73. The van der Waals surface area contributed by atoms with Crippen LogP contribution < -0.4 is 10.6 Å². The van der Waals surface area contributed by atoms with Crippen molar-refractivity contribution in [3.8, 4) is 0 Å². The van der Waals surface area contributed by atoms with Crippen LogP contribution in [0.1, 0.15) is 16.8 Å². The first-order valence-corrected chi connectivity index (χ1v) is 9.36. The van der Waals surface area contributed by atoms with E-state index in [9.17, 15) is 9.59 Å². The van der Waals surface area contributed by atoms with Crippen LogP contribution in [0.2, 0.25) is 0 Å². The molecule has 0 aliphatic rings. The SMILES string of the molecule is Cc1cccc(NC(=O)[C@@H](Cc2ccccc2)NC(=O)OCc2ccccc2)n1. The maximum absolute atomic E-state index is 12.8. The number of alkyl carbamates (subject to hydrolysis) is 1. The quantitative estimate of drug-likeness (QED) is 0.643. The zero-order valence-electron chi connectivity index (χ0n) is 16.2. The summed E-state index contributed by atoms with van der Waals surface area (Å²) in [6.45, 7) is 1.97. The Morgan fingerprint density at radius 3 is 2.21 bits per heavy atom. The molecule has 0 unspecified atom stereocenters. The number of anilines is 1. The van der Waals surface area contributed by atoms with E-state index in [0.29, 0.717) is 12.2 Å². The number of pyridine rings is 1. The zero-order chi connectivity index (χ0) is 20.5. The van der Waals surface area contributed by atoms with Gasteiger partial charge < -0.3 is 15.4 Å². The smallest absolute Gasteiger partial charge is 0.408 e. The molecule has 0 aliphatic carbocycles. The van der Waals surface area contributed by atoms with Gasteiger partial charge in [0, 0.05) is 12.1 Å². The van der Waals surface area contributed by atoms with Crippen molar-refractivity contribution in [1.29, 1.82) is 0 Å². The molecule has 1 aromatic heterocycles. The van der Waals surface area contributed by atoms with Gasteiger partial charge in [-0.15, -0.1) is 0 Å². The molecule has 3 rings (SSSR count). The van der Waals surface area contributed by atoms with Crippen LogP contribution in [0.4, 0.5) is 10.6 Å². The molecule has 0 fully saturated rings. The molecule has 0 saturated carbocycles. The van der Waals surface area contributed by atoms with Crippen LogP contribution in [0, 0.1) is 6.92 Å². The van der Waals surface area contributed by atoms with Gasteiger partial charge in [-0.2, -0.15) is 0 Å². The molecule has 2 amide bonds. The van der Waals surface area contributed by atoms with Crippen LogP contribution in [0.25, 0.3) is 0 Å². The highest BCUT2D eigenvalue weighted by molar-refractivity contribution is 5.96. The van der Waals surface area contributed by atoms with Gasteiger partial charge in [0.25, 0.3) is 0 Å². The number of aryl methyl sites for hydroxylation is 1. The molecule has 6 nitrogen and oxygen atoms in total. The fourth-order valence-corrected chi connectivity index (χ4v) is 2.79. The normalized spacial score (nSPS) is 11.3. The fraction of sp³-hybridized carbons (Fsp3) is 0.174. The first-order chi connectivity index (χ1) is 14.1. The molecule has 0 saturated heterocycles. The third-order valence-corrected chi connectivity index (χ3v) is 4.24. The Morgan fingerprint density at radius 2 is 1.55 bits per heavy atom. The Balaban J connectivity index is 1.66. The van der Waals surface area contributed by atoms with Crippen LogP contribution in [0.5, 0.6) is 0 Å². The van der Waals surface area contributed by atoms with Gasteiger partial charge >= 0.3 is 6.09 Å². The summed E-state index contributed by atoms with van der Waals surface area (Å²) in [4.78, 5) is 29.4. The lowest BCUT2D eigenvalue weighted by Crippen LogP contribution is -2.45. The second-order valence-corrected chi connectivity index (χ2v) is 6.60. The van der Waals surface area contributed by atoms with Crippen LogP contribution in [0.15, 0.2) is 78.9 Å². The molecule has 2 aromatic carbocycles. The number of rotatable bonds is 7. The van der Waals surface area contributed by atoms with Gasteiger partial charge in [-0.1, -0.05) is 66.7 Å². The van der Waals surface area contributed by atoms with Gasteiger partial charge in [-0.25, -0.2) is 9.78 Å². The van der Waals surface area contributed by atoms with Gasteiger partial charge in [0.2, 0.25) is 5.91 Å². The highest BCUT2D eigenvalue weighted by Crippen LogP contribution is 2.09. The van der Waals surface area contributed by atoms with E-state index >= 15 is 0 Å². The molecule has 6 heteroatoms. The standard InChI is InChI=1S/C23H23N3O3/c1-17-9-8-14-21(24-17)26-22(27)20(15-18-10-4-2-5-11-18)25-23(28)29-16-19-12-6-3-7-13-19/h2-14,20H,15-16H2,1H3,(H,25,28)(H,24,26,27)/t20-/m1/s1. The molecule has 0 bridgehead atoms. The monoisotopic (exact) mass is 389 g/mol. The first-order valence-electron chi connectivity index (χ1n) is 9.36. The average molecular weight is 389 g/mol. The molecule has 29 heavy (non-hydrogen) atoms. The number of hydrogen-bond acceptors (Lipinski definition) is 4. The van der Waals surface area contributed by atoms with E-state index in [1.165, 1.54) is 0 Å². The summed E-state index contributed by atoms with van der Waals surface area (Å²) >= 11 is 0. The number of ether oxygens (including phenoxy) is 1. The molecule has 2 N–H and O–H groups in total. The molecule has 0 radical (unpaired) electrons. The van der Waals surface area contributed by atoms with Crippen LogP contribution >= 0.6 is 0 Å². The second kappa shape index (κ2) is 10.0. The topological polar surface area (TPSA) is 80.3 Å².